The zero-order valence-corrected chi connectivity index (χ0v) is 9.27. The second-order valence-corrected chi connectivity index (χ2v) is 4.03. The Morgan fingerprint density at radius 1 is 1.60 bits per heavy atom. The molecule has 1 rings (SSSR count). The number of nitrogens with zero attached hydrogens (tertiary/aromatic N) is 2. The van der Waals surface area contributed by atoms with E-state index in [1.165, 1.54) is 0 Å². The fraction of sp³-hybridized carbons (Fsp3) is 0.700. The summed E-state index contributed by atoms with van der Waals surface area (Å²) in [7, 11) is 1.90. The van der Waals surface area contributed by atoms with E-state index in [2.05, 4.69) is 10.4 Å². The third kappa shape index (κ3) is 3.99. The van der Waals surface area contributed by atoms with Gasteiger partial charge in [0.2, 0.25) is 0 Å². The molecule has 3 N–H and O–H groups in total. The third-order valence-electron chi connectivity index (χ3n) is 2.33. The summed E-state index contributed by atoms with van der Waals surface area (Å²) in [6.07, 6.45) is 2.62. The lowest BCUT2D eigenvalue weighted by Gasteiger charge is -2.20. The molecule has 0 saturated carbocycles. The maximum atomic E-state index is 9.50. The number of aliphatic hydroxyl groups excluding tert-OH is 1. The molecule has 5 nitrogen and oxygen atoms in total. The van der Waals surface area contributed by atoms with E-state index in [4.69, 9.17) is 5.11 Å². The SMILES string of the molecule is Cn1nccc1CCNCC(C)(O)CO. The van der Waals surface area contributed by atoms with Gasteiger partial charge in [-0.2, -0.15) is 5.10 Å². The lowest BCUT2D eigenvalue weighted by molar-refractivity contribution is 0.00297. The van der Waals surface area contributed by atoms with Crippen LogP contribution in [0, 0.1) is 0 Å². The summed E-state index contributed by atoms with van der Waals surface area (Å²) in [5, 5.41) is 25.5. The molecule has 0 aliphatic heterocycles. The van der Waals surface area contributed by atoms with Crippen molar-refractivity contribution in [2.24, 2.45) is 7.05 Å². The largest absolute Gasteiger partial charge is 0.393 e. The lowest BCUT2D eigenvalue weighted by atomic mass is 10.1. The molecular weight excluding hydrogens is 194 g/mol. The van der Waals surface area contributed by atoms with Crippen LogP contribution < -0.4 is 5.32 Å². The molecule has 1 heterocycles. The quantitative estimate of drug-likeness (QED) is 0.546. The monoisotopic (exact) mass is 213 g/mol. The number of hydrogen-bond acceptors (Lipinski definition) is 4. The molecule has 0 bridgehead atoms. The number of nitrogens with one attached hydrogen (secondary N) is 1. The van der Waals surface area contributed by atoms with Crippen LogP contribution in [0.2, 0.25) is 0 Å². The highest BCUT2D eigenvalue weighted by Crippen LogP contribution is 1.99. The second kappa shape index (κ2) is 5.25. The van der Waals surface area contributed by atoms with Gasteiger partial charge in [0.25, 0.3) is 0 Å². The molecule has 1 atom stereocenters. The fourth-order valence-electron chi connectivity index (χ4n) is 1.28. The van der Waals surface area contributed by atoms with Gasteiger partial charge in [-0.1, -0.05) is 0 Å². The number of aryl methyl sites for hydroxylation is 1. The van der Waals surface area contributed by atoms with Crippen molar-refractivity contribution in [1.82, 2.24) is 15.1 Å². The van der Waals surface area contributed by atoms with Crippen molar-refractivity contribution in [3.8, 4) is 0 Å². The minimum absolute atomic E-state index is 0.230. The Morgan fingerprint density at radius 3 is 2.87 bits per heavy atom. The van der Waals surface area contributed by atoms with E-state index < -0.39 is 5.60 Å². The van der Waals surface area contributed by atoms with Crippen molar-refractivity contribution in [2.45, 2.75) is 18.9 Å². The number of aromatic nitrogens is 2. The normalized spacial score (nSPS) is 15.2. The lowest BCUT2D eigenvalue weighted by Crippen LogP contribution is -2.41. The molecule has 5 heteroatoms. The van der Waals surface area contributed by atoms with Crippen LogP contribution in [0.3, 0.4) is 0 Å². The predicted octanol–water partition coefficient (Wildman–Crippen LogP) is -0.704. The summed E-state index contributed by atoms with van der Waals surface area (Å²) in [5.41, 5.74) is 0.109. The fourth-order valence-corrected chi connectivity index (χ4v) is 1.28. The van der Waals surface area contributed by atoms with E-state index in [0.717, 1.165) is 18.7 Å². The molecule has 86 valence electrons. The molecule has 0 amide bonds. The van der Waals surface area contributed by atoms with Crippen LogP contribution in [-0.4, -0.2) is 45.3 Å². The van der Waals surface area contributed by atoms with Crippen molar-refractivity contribution in [3.05, 3.63) is 18.0 Å². The Kier molecular flexibility index (Phi) is 4.26. The predicted molar refractivity (Wildman–Crippen MR) is 57.5 cm³/mol. The molecular formula is C10H19N3O2. The smallest absolute Gasteiger partial charge is 0.0972 e. The molecule has 1 aromatic rings. The molecule has 1 aromatic heterocycles. The van der Waals surface area contributed by atoms with Gasteiger partial charge in [-0.25, -0.2) is 0 Å². The number of aliphatic hydroxyl groups is 2. The topological polar surface area (TPSA) is 70.3 Å². The van der Waals surface area contributed by atoms with Crippen LogP contribution in [0.15, 0.2) is 12.3 Å². The second-order valence-electron chi connectivity index (χ2n) is 4.03. The van der Waals surface area contributed by atoms with Crippen molar-refractivity contribution in [2.75, 3.05) is 19.7 Å². The number of hydrogen-bond donors (Lipinski definition) is 3. The van der Waals surface area contributed by atoms with Gasteiger partial charge < -0.3 is 15.5 Å². The zero-order chi connectivity index (χ0) is 11.3. The molecule has 0 saturated heterocycles. The Labute approximate surface area is 89.7 Å². The maximum absolute atomic E-state index is 9.50. The Hall–Kier alpha value is -0.910. The summed E-state index contributed by atoms with van der Waals surface area (Å²) in [5.74, 6) is 0. The molecule has 0 spiro atoms. The van der Waals surface area contributed by atoms with Crippen LogP contribution >= 0.6 is 0 Å². The van der Waals surface area contributed by atoms with Gasteiger partial charge >= 0.3 is 0 Å². The highest BCUT2D eigenvalue weighted by molar-refractivity contribution is 5.00. The van der Waals surface area contributed by atoms with Crippen LogP contribution in [0.4, 0.5) is 0 Å². The van der Waals surface area contributed by atoms with Crippen LogP contribution in [0.1, 0.15) is 12.6 Å². The zero-order valence-electron chi connectivity index (χ0n) is 9.27. The first-order chi connectivity index (χ1) is 7.05. The summed E-state index contributed by atoms with van der Waals surface area (Å²) >= 11 is 0. The van der Waals surface area contributed by atoms with Gasteiger partial charge in [0.05, 0.1) is 12.2 Å². The van der Waals surface area contributed by atoms with E-state index >= 15 is 0 Å². The molecule has 0 fully saturated rings. The maximum Gasteiger partial charge on any atom is 0.0972 e. The van der Waals surface area contributed by atoms with E-state index in [1.807, 2.05) is 17.8 Å². The van der Waals surface area contributed by atoms with Crippen molar-refractivity contribution in [1.29, 1.82) is 0 Å². The van der Waals surface area contributed by atoms with Crippen molar-refractivity contribution < 1.29 is 10.2 Å². The third-order valence-corrected chi connectivity index (χ3v) is 2.33. The summed E-state index contributed by atoms with van der Waals surface area (Å²) in [6, 6.07) is 1.96. The van der Waals surface area contributed by atoms with Gasteiger partial charge in [-0.15, -0.1) is 0 Å². The van der Waals surface area contributed by atoms with E-state index in [0.29, 0.717) is 6.54 Å². The Balaban J connectivity index is 2.20. The first-order valence-electron chi connectivity index (χ1n) is 5.06. The molecule has 0 radical (unpaired) electrons. The highest BCUT2D eigenvalue weighted by atomic mass is 16.3. The average molecular weight is 213 g/mol. The minimum Gasteiger partial charge on any atom is -0.393 e. The number of rotatable bonds is 6. The van der Waals surface area contributed by atoms with Gasteiger partial charge in [-0.3, -0.25) is 4.68 Å². The average Bonchev–Trinajstić information content (AvgIpc) is 2.59. The van der Waals surface area contributed by atoms with E-state index in [9.17, 15) is 5.11 Å². The molecule has 1 unspecified atom stereocenters. The highest BCUT2D eigenvalue weighted by Gasteiger charge is 2.17. The van der Waals surface area contributed by atoms with E-state index in [-0.39, 0.29) is 6.61 Å². The van der Waals surface area contributed by atoms with Crippen LogP contribution in [-0.2, 0) is 13.5 Å². The van der Waals surface area contributed by atoms with Gasteiger partial charge in [0.1, 0.15) is 0 Å². The Morgan fingerprint density at radius 2 is 2.33 bits per heavy atom. The van der Waals surface area contributed by atoms with Crippen LogP contribution in [0.5, 0.6) is 0 Å². The van der Waals surface area contributed by atoms with Crippen LogP contribution in [0.25, 0.3) is 0 Å². The summed E-state index contributed by atoms with van der Waals surface area (Å²) < 4.78 is 1.83. The van der Waals surface area contributed by atoms with Gasteiger partial charge in [0.15, 0.2) is 0 Å². The van der Waals surface area contributed by atoms with E-state index in [1.54, 1.807) is 13.1 Å². The molecule has 0 aliphatic carbocycles. The molecule has 0 aliphatic rings. The van der Waals surface area contributed by atoms with Crippen molar-refractivity contribution >= 4 is 0 Å². The molecule has 15 heavy (non-hydrogen) atoms. The first kappa shape index (κ1) is 12.2. The summed E-state index contributed by atoms with van der Waals surface area (Å²) in [6.45, 7) is 2.52. The van der Waals surface area contributed by atoms with Gasteiger partial charge in [-0.05, 0) is 13.0 Å². The molecule has 0 aromatic carbocycles. The first-order valence-corrected chi connectivity index (χ1v) is 5.06. The van der Waals surface area contributed by atoms with Gasteiger partial charge in [0, 0.05) is 38.4 Å². The Bertz CT molecular complexity index is 297. The van der Waals surface area contributed by atoms with Crippen molar-refractivity contribution in [3.63, 3.8) is 0 Å². The standard InChI is InChI=1S/C10H19N3O2/c1-10(15,8-14)7-11-5-3-9-4-6-12-13(9)2/h4,6,11,14-15H,3,5,7-8H2,1-2H3. The minimum atomic E-state index is -1.04. The summed E-state index contributed by atoms with van der Waals surface area (Å²) in [4.78, 5) is 0.